The van der Waals surface area contributed by atoms with Crippen LogP contribution < -0.4 is 10.2 Å². The maximum absolute atomic E-state index is 11.5. The van der Waals surface area contributed by atoms with E-state index in [1.54, 1.807) is 6.92 Å². The van der Waals surface area contributed by atoms with E-state index in [1.165, 1.54) is 22.5 Å². The van der Waals surface area contributed by atoms with E-state index in [9.17, 15) is 4.79 Å². The number of benzene rings is 2. The van der Waals surface area contributed by atoms with Crippen LogP contribution in [-0.2, 0) is 11.3 Å². The summed E-state index contributed by atoms with van der Waals surface area (Å²) < 4.78 is 0. The number of carbonyl (C=O) groups is 1. The first kappa shape index (κ1) is 16.4. The molecule has 1 heterocycles. The zero-order valence-electron chi connectivity index (χ0n) is 14.5. The molecule has 4 heteroatoms. The molecule has 1 N–H and O–H groups in total. The Morgan fingerprint density at radius 3 is 2.42 bits per heavy atom. The average Bonchev–Trinajstić information content (AvgIpc) is 2.62. The van der Waals surface area contributed by atoms with Crippen molar-refractivity contribution < 1.29 is 4.79 Å². The summed E-state index contributed by atoms with van der Waals surface area (Å²) in [6, 6.07) is 17.0. The predicted molar refractivity (Wildman–Crippen MR) is 99.4 cm³/mol. The van der Waals surface area contributed by atoms with Gasteiger partial charge in [-0.05, 0) is 30.2 Å². The average molecular weight is 323 g/mol. The lowest BCUT2D eigenvalue weighted by molar-refractivity contribution is -0.129. The fourth-order valence-corrected chi connectivity index (χ4v) is 3.07. The number of rotatable bonds is 4. The number of piperazine rings is 1. The van der Waals surface area contributed by atoms with Crippen LogP contribution in [0.2, 0.25) is 0 Å². The molecule has 0 unspecified atom stereocenters. The Balaban J connectivity index is 1.67. The van der Waals surface area contributed by atoms with Crippen LogP contribution in [0.5, 0.6) is 0 Å². The molecule has 0 radical (unpaired) electrons. The highest BCUT2D eigenvalue weighted by molar-refractivity contribution is 5.73. The molecule has 4 nitrogen and oxygen atoms in total. The van der Waals surface area contributed by atoms with E-state index >= 15 is 0 Å². The minimum absolute atomic E-state index is 0.170. The van der Waals surface area contributed by atoms with Crippen LogP contribution >= 0.6 is 0 Å². The second-order valence-corrected chi connectivity index (χ2v) is 6.33. The number of aryl methyl sites for hydroxylation is 1. The molecule has 0 spiro atoms. The van der Waals surface area contributed by atoms with Gasteiger partial charge < -0.3 is 15.1 Å². The maximum atomic E-state index is 11.5. The monoisotopic (exact) mass is 323 g/mol. The molecule has 126 valence electrons. The van der Waals surface area contributed by atoms with Crippen molar-refractivity contribution in [3.8, 4) is 0 Å². The van der Waals surface area contributed by atoms with Crippen LogP contribution in [0, 0.1) is 6.92 Å². The lowest BCUT2D eigenvalue weighted by Gasteiger charge is -2.36. The van der Waals surface area contributed by atoms with Gasteiger partial charge in [-0.1, -0.05) is 36.4 Å². The van der Waals surface area contributed by atoms with E-state index in [0.717, 1.165) is 32.7 Å². The molecular formula is C20H25N3O. The van der Waals surface area contributed by atoms with Crippen LogP contribution in [0.15, 0.2) is 48.5 Å². The van der Waals surface area contributed by atoms with Gasteiger partial charge in [-0.2, -0.15) is 0 Å². The topological polar surface area (TPSA) is 35.6 Å². The first-order valence-electron chi connectivity index (χ1n) is 8.52. The molecule has 0 aromatic heterocycles. The highest BCUT2D eigenvalue weighted by Gasteiger charge is 2.19. The molecule has 0 atom stereocenters. The number of amides is 1. The van der Waals surface area contributed by atoms with E-state index in [0.29, 0.717) is 0 Å². The summed E-state index contributed by atoms with van der Waals surface area (Å²) in [6.45, 7) is 7.98. The first-order chi connectivity index (χ1) is 11.6. The van der Waals surface area contributed by atoms with Crippen LogP contribution in [-0.4, -0.2) is 37.0 Å². The number of hydrogen-bond acceptors (Lipinski definition) is 3. The number of hydrogen-bond donors (Lipinski definition) is 1. The van der Waals surface area contributed by atoms with Crippen molar-refractivity contribution in [3.05, 3.63) is 59.7 Å². The Morgan fingerprint density at radius 1 is 1.04 bits per heavy atom. The highest BCUT2D eigenvalue weighted by atomic mass is 16.2. The van der Waals surface area contributed by atoms with Gasteiger partial charge in [0.05, 0.1) is 0 Å². The van der Waals surface area contributed by atoms with Gasteiger partial charge >= 0.3 is 0 Å². The van der Waals surface area contributed by atoms with Gasteiger partial charge in [0.2, 0.25) is 5.91 Å². The van der Waals surface area contributed by atoms with Gasteiger partial charge in [-0.15, -0.1) is 0 Å². The van der Waals surface area contributed by atoms with E-state index in [1.807, 2.05) is 11.0 Å². The van der Waals surface area contributed by atoms with Crippen LogP contribution in [0.25, 0.3) is 0 Å². The number of nitrogens with zero attached hydrogens (tertiary/aromatic N) is 2. The molecule has 2 aromatic carbocycles. The Kier molecular flexibility index (Phi) is 5.04. The van der Waals surface area contributed by atoms with Crippen molar-refractivity contribution in [1.82, 2.24) is 4.90 Å². The van der Waals surface area contributed by atoms with Gasteiger partial charge in [0.15, 0.2) is 0 Å². The summed E-state index contributed by atoms with van der Waals surface area (Å²) in [5.41, 5.74) is 4.92. The molecule has 24 heavy (non-hydrogen) atoms. The smallest absolute Gasteiger partial charge is 0.219 e. The molecule has 1 amide bonds. The van der Waals surface area contributed by atoms with Crippen molar-refractivity contribution in [2.45, 2.75) is 20.4 Å². The number of carbonyl (C=O) groups excluding carboxylic acids is 1. The van der Waals surface area contributed by atoms with Gasteiger partial charge in [0, 0.05) is 51.0 Å². The van der Waals surface area contributed by atoms with Gasteiger partial charge in [-0.25, -0.2) is 0 Å². The van der Waals surface area contributed by atoms with E-state index in [2.05, 4.69) is 59.6 Å². The van der Waals surface area contributed by atoms with Crippen molar-refractivity contribution in [3.63, 3.8) is 0 Å². The Labute approximate surface area is 144 Å². The molecule has 3 rings (SSSR count). The third-order valence-electron chi connectivity index (χ3n) is 4.64. The molecule has 2 aromatic rings. The standard InChI is InChI=1S/C20H25N3O/c1-16-8-9-19(23-12-10-22(11-13-23)17(2)24)14-20(16)21-15-18-6-4-3-5-7-18/h3-9,14,21H,10-13,15H2,1-2H3. The van der Waals surface area contributed by atoms with Crippen molar-refractivity contribution in [2.24, 2.45) is 0 Å². The van der Waals surface area contributed by atoms with Crippen LogP contribution in [0.3, 0.4) is 0 Å². The second kappa shape index (κ2) is 7.39. The fraction of sp³-hybridized carbons (Fsp3) is 0.350. The van der Waals surface area contributed by atoms with E-state index < -0.39 is 0 Å². The summed E-state index contributed by atoms with van der Waals surface area (Å²) in [5, 5.41) is 3.54. The molecule has 0 bridgehead atoms. The van der Waals surface area contributed by atoms with Crippen LogP contribution in [0.1, 0.15) is 18.1 Å². The predicted octanol–water partition coefficient (Wildman–Crippen LogP) is 3.28. The Hall–Kier alpha value is -2.49. The summed E-state index contributed by atoms with van der Waals surface area (Å²) in [5.74, 6) is 0.170. The first-order valence-corrected chi connectivity index (χ1v) is 8.52. The van der Waals surface area contributed by atoms with Crippen molar-refractivity contribution in [1.29, 1.82) is 0 Å². The van der Waals surface area contributed by atoms with Gasteiger partial charge in [0.25, 0.3) is 0 Å². The Morgan fingerprint density at radius 2 is 1.75 bits per heavy atom. The van der Waals surface area contributed by atoms with Gasteiger partial charge in [0.1, 0.15) is 0 Å². The molecule has 1 saturated heterocycles. The largest absolute Gasteiger partial charge is 0.381 e. The zero-order valence-corrected chi connectivity index (χ0v) is 14.5. The second-order valence-electron chi connectivity index (χ2n) is 6.33. The highest BCUT2D eigenvalue weighted by Crippen LogP contribution is 2.25. The fourth-order valence-electron chi connectivity index (χ4n) is 3.07. The zero-order chi connectivity index (χ0) is 16.9. The number of nitrogens with one attached hydrogen (secondary N) is 1. The SMILES string of the molecule is CC(=O)N1CCN(c2ccc(C)c(NCc3ccccc3)c2)CC1. The van der Waals surface area contributed by atoms with Gasteiger partial charge in [-0.3, -0.25) is 4.79 Å². The normalized spacial score (nSPS) is 14.6. The number of anilines is 2. The van der Waals surface area contributed by atoms with Crippen molar-refractivity contribution >= 4 is 17.3 Å². The molecule has 1 aliphatic rings. The summed E-state index contributed by atoms with van der Waals surface area (Å²) in [6.07, 6.45) is 0. The summed E-state index contributed by atoms with van der Waals surface area (Å²) in [7, 11) is 0. The van der Waals surface area contributed by atoms with Crippen LogP contribution in [0.4, 0.5) is 11.4 Å². The molecule has 0 aliphatic carbocycles. The lowest BCUT2D eigenvalue weighted by atomic mass is 10.1. The minimum Gasteiger partial charge on any atom is -0.381 e. The maximum Gasteiger partial charge on any atom is 0.219 e. The molecular weight excluding hydrogens is 298 g/mol. The van der Waals surface area contributed by atoms with E-state index in [-0.39, 0.29) is 5.91 Å². The lowest BCUT2D eigenvalue weighted by Crippen LogP contribution is -2.48. The third kappa shape index (κ3) is 3.88. The van der Waals surface area contributed by atoms with Crippen molar-refractivity contribution in [2.75, 3.05) is 36.4 Å². The third-order valence-corrected chi connectivity index (χ3v) is 4.64. The van der Waals surface area contributed by atoms with E-state index in [4.69, 9.17) is 0 Å². The summed E-state index contributed by atoms with van der Waals surface area (Å²) >= 11 is 0. The quantitative estimate of drug-likeness (QED) is 0.938. The minimum atomic E-state index is 0.170. The molecule has 1 fully saturated rings. The Bertz CT molecular complexity index is 691. The molecule has 0 saturated carbocycles. The summed E-state index contributed by atoms with van der Waals surface area (Å²) in [4.78, 5) is 15.7. The molecule has 1 aliphatic heterocycles.